The van der Waals surface area contributed by atoms with Crippen molar-refractivity contribution in [3.05, 3.63) is 0 Å². The van der Waals surface area contributed by atoms with Crippen LogP contribution in [0.1, 0.15) is 52.9 Å². The second kappa shape index (κ2) is 5.57. The van der Waals surface area contributed by atoms with Crippen LogP contribution in [0.4, 0.5) is 0 Å². The van der Waals surface area contributed by atoms with E-state index in [4.69, 9.17) is 11.1 Å². The Morgan fingerprint density at radius 1 is 1.44 bits per heavy atom. The Balaban J connectivity index is 2.88. The highest BCUT2D eigenvalue weighted by Gasteiger charge is 2.41. The highest BCUT2D eigenvalue weighted by atomic mass is 32.2. The second-order valence-electron chi connectivity index (χ2n) is 5.54. The molecule has 0 atom stereocenters. The van der Waals surface area contributed by atoms with Gasteiger partial charge in [-0.3, -0.25) is 5.41 Å². The lowest BCUT2D eigenvalue weighted by Crippen LogP contribution is -2.59. The zero-order valence-electron chi connectivity index (χ0n) is 11.5. The molecule has 0 heterocycles. The van der Waals surface area contributed by atoms with Gasteiger partial charge in [0.1, 0.15) is 5.84 Å². The van der Waals surface area contributed by atoms with Crippen molar-refractivity contribution in [3.8, 4) is 0 Å². The summed E-state index contributed by atoms with van der Waals surface area (Å²) >= 11 is 0. The van der Waals surface area contributed by atoms with Crippen molar-refractivity contribution < 1.29 is 8.42 Å². The van der Waals surface area contributed by atoms with E-state index >= 15 is 0 Å². The van der Waals surface area contributed by atoms with Crippen LogP contribution in [0.3, 0.4) is 0 Å². The van der Waals surface area contributed by atoms with Crippen LogP contribution in [0.25, 0.3) is 0 Å². The molecule has 0 radical (unpaired) electrons. The third-order valence-corrected chi connectivity index (χ3v) is 5.93. The van der Waals surface area contributed by atoms with E-state index in [2.05, 4.69) is 11.6 Å². The van der Waals surface area contributed by atoms with E-state index in [0.29, 0.717) is 18.8 Å². The van der Waals surface area contributed by atoms with Crippen LogP contribution in [0.15, 0.2) is 0 Å². The van der Waals surface area contributed by atoms with E-state index in [1.807, 2.05) is 0 Å². The maximum absolute atomic E-state index is 12.0. The molecule has 1 fully saturated rings. The van der Waals surface area contributed by atoms with E-state index in [0.717, 1.165) is 19.3 Å². The van der Waals surface area contributed by atoms with Crippen LogP contribution in [-0.2, 0) is 10.0 Å². The van der Waals surface area contributed by atoms with Crippen LogP contribution in [-0.4, -0.2) is 25.0 Å². The van der Waals surface area contributed by atoms with Crippen molar-refractivity contribution in [2.45, 2.75) is 63.7 Å². The van der Waals surface area contributed by atoms with Gasteiger partial charge in [0, 0.05) is 0 Å². The quantitative estimate of drug-likeness (QED) is 0.525. The first-order chi connectivity index (χ1) is 8.23. The molecule has 0 aromatic rings. The molecule has 1 saturated carbocycles. The van der Waals surface area contributed by atoms with E-state index < -0.39 is 20.8 Å². The third-order valence-electron chi connectivity index (χ3n) is 4.01. The zero-order valence-corrected chi connectivity index (χ0v) is 12.3. The van der Waals surface area contributed by atoms with Gasteiger partial charge in [-0.2, -0.15) is 0 Å². The molecule has 0 spiro atoms. The summed E-state index contributed by atoms with van der Waals surface area (Å²) in [6.07, 6.45) is 4.22. The fourth-order valence-corrected chi connectivity index (χ4v) is 3.49. The van der Waals surface area contributed by atoms with Gasteiger partial charge in [-0.05, 0) is 45.4 Å². The first kappa shape index (κ1) is 15.4. The van der Waals surface area contributed by atoms with Gasteiger partial charge in [0.2, 0.25) is 10.0 Å². The summed E-state index contributed by atoms with van der Waals surface area (Å²) in [6.45, 7) is 5.41. The van der Waals surface area contributed by atoms with Crippen molar-refractivity contribution >= 4 is 15.9 Å². The van der Waals surface area contributed by atoms with Gasteiger partial charge in [-0.15, -0.1) is 0 Å². The highest BCUT2D eigenvalue weighted by molar-refractivity contribution is 7.90. The molecule has 0 bridgehead atoms. The third kappa shape index (κ3) is 3.23. The Kier molecular flexibility index (Phi) is 4.78. The summed E-state index contributed by atoms with van der Waals surface area (Å²) in [6, 6.07) is 0. The molecule has 0 amide bonds. The molecule has 4 N–H and O–H groups in total. The largest absolute Gasteiger partial charge is 0.386 e. The minimum Gasteiger partial charge on any atom is -0.386 e. The average Bonchev–Trinajstić information content (AvgIpc) is 2.29. The Morgan fingerprint density at radius 2 is 1.94 bits per heavy atom. The molecule has 0 saturated heterocycles. The Bertz CT molecular complexity index is 396. The maximum Gasteiger partial charge on any atom is 0.214 e. The van der Waals surface area contributed by atoms with Crippen LogP contribution in [0, 0.1) is 11.3 Å². The monoisotopic (exact) mass is 275 g/mol. The van der Waals surface area contributed by atoms with Crippen LogP contribution >= 0.6 is 0 Å². The molecule has 0 aromatic heterocycles. The summed E-state index contributed by atoms with van der Waals surface area (Å²) in [5, 5.41) is 7.23. The number of nitrogens with one attached hydrogen (secondary N) is 2. The van der Waals surface area contributed by atoms with Crippen molar-refractivity contribution in [2.24, 2.45) is 11.7 Å². The van der Waals surface area contributed by atoms with E-state index in [9.17, 15) is 8.42 Å². The first-order valence-electron chi connectivity index (χ1n) is 6.61. The van der Waals surface area contributed by atoms with Crippen LogP contribution in [0.2, 0.25) is 0 Å². The lowest BCUT2D eigenvalue weighted by atomic mass is 9.75. The zero-order chi connectivity index (χ0) is 14.0. The molecule has 1 aliphatic rings. The molecular formula is C12H25N3O2S. The van der Waals surface area contributed by atoms with Crippen LogP contribution < -0.4 is 10.5 Å². The van der Waals surface area contributed by atoms with E-state index in [1.54, 1.807) is 13.8 Å². The Labute approximate surface area is 110 Å². The number of sulfonamides is 1. The van der Waals surface area contributed by atoms with Crippen molar-refractivity contribution in [1.29, 1.82) is 5.41 Å². The number of amidine groups is 1. The molecule has 18 heavy (non-hydrogen) atoms. The Morgan fingerprint density at radius 3 is 2.28 bits per heavy atom. The molecular weight excluding hydrogens is 250 g/mol. The van der Waals surface area contributed by atoms with Gasteiger partial charge in [-0.1, -0.05) is 13.3 Å². The lowest BCUT2D eigenvalue weighted by Gasteiger charge is -2.39. The van der Waals surface area contributed by atoms with E-state index in [-0.39, 0.29) is 5.84 Å². The number of hydrogen-bond donors (Lipinski definition) is 3. The number of nitrogens with two attached hydrogens (primary N) is 1. The summed E-state index contributed by atoms with van der Waals surface area (Å²) in [7, 11) is -3.40. The van der Waals surface area contributed by atoms with Gasteiger partial charge in [-0.25, -0.2) is 13.1 Å². The topological polar surface area (TPSA) is 96.0 Å². The lowest BCUT2D eigenvalue weighted by molar-refractivity contribution is 0.266. The molecule has 6 heteroatoms. The summed E-state index contributed by atoms with van der Waals surface area (Å²) in [5.74, 6) is 0.572. The molecule has 0 unspecified atom stereocenters. The standard InChI is InChI=1S/C12H25N3O2S/c1-4-10-5-7-12(8-6-10,11(13)14)15-18(16,17)9(2)3/h9-10,15H,4-8H2,1-3H3,(H3,13,14). The maximum atomic E-state index is 12.0. The molecule has 0 aliphatic heterocycles. The van der Waals surface area contributed by atoms with Gasteiger partial charge >= 0.3 is 0 Å². The minimum atomic E-state index is -3.40. The first-order valence-corrected chi connectivity index (χ1v) is 8.15. The fraction of sp³-hybridized carbons (Fsp3) is 0.917. The van der Waals surface area contributed by atoms with Crippen molar-refractivity contribution in [1.82, 2.24) is 4.72 Å². The second-order valence-corrected chi connectivity index (χ2v) is 7.78. The number of rotatable bonds is 5. The smallest absolute Gasteiger partial charge is 0.214 e. The van der Waals surface area contributed by atoms with Gasteiger partial charge in [0.25, 0.3) is 0 Å². The highest BCUT2D eigenvalue weighted by Crippen LogP contribution is 2.34. The van der Waals surface area contributed by atoms with Gasteiger partial charge < -0.3 is 5.73 Å². The SMILES string of the molecule is CCC1CCC(NS(=O)(=O)C(C)C)(C(=N)N)CC1. The predicted octanol–water partition coefficient (Wildman–Crippen LogP) is 1.59. The normalized spacial score (nSPS) is 29.4. The van der Waals surface area contributed by atoms with Gasteiger partial charge in [0.15, 0.2) is 0 Å². The molecule has 106 valence electrons. The van der Waals surface area contributed by atoms with Crippen LogP contribution in [0.5, 0.6) is 0 Å². The summed E-state index contributed by atoms with van der Waals surface area (Å²) in [5.41, 5.74) is 4.80. The van der Waals surface area contributed by atoms with Crippen molar-refractivity contribution in [2.75, 3.05) is 0 Å². The summed E-state index contributed by atoms with van der Waals surface area (Å²) < 4.78 is 26.7. The molecule has 0 aromatic carbocycles. The summed E-state index contributed by atoms with van der Waals surface area (Å²) in [4.78, 5) is 0. The molecule has 1 aliphatic carbocycles. The van der Waals surface area contributed by atoms with Gasteiger partial charge in [0.05, 0.1) is 10.8 Å². The average molecular weight is 275 g/mol. The number of hydrogen-bond acceptors (Lipinski definition) is 3. The minimum absolute atomic E-state index is 0.0544. The fourth-order valence-electron chi connectivity index (χ4n) is 2.40. The molecule has 1 rings (SSSR count). The predicted molar refractivity (Wildman–Crippen MR) is 74.1 cm³/mol. The molecule has 5 nitrogen and oxygen atoms in total. The Hall–Kier alpha value is -0.620. The van der Waals surface area contributed by atoms with E-state index in [1.165, 1.54) is 0 Å². The van der Waals surface area contributed by atoms with Crippen molar-refractivity contribution in [3.63, 3.8) is 0 Å².